The fourth-order valence-corrected chi connectivity index (χ4v) is 1.12. The van der Waals surface area contributed by atoms with E-state index in [1.54, 1.807) is 6.20 Å². The third kappa shape index (κ3) is 3.49. The maximum Gasteiger partial charge on any atom is 0.195 e. The Morgan fingerprint density at radius 1 is 1.71 bits per heavy atom. The standard InChI is InChI=1S/C9H12N2O3/c12-5-9(14)2-1-8(13)3-7-4-10-6-11-7/h4-6,8,13H,1-3H2,(H,10,11). The Bertz CT molecular complexity index is 295. The molecule has 76 valence electrons. The Balaban J connectivity index is 2.26. The number of Topliss-reactive ketones (excluding diaryl/α,β-unsaturated/α-hetero) is 1. The summed E-state index contributed by atoms with van der Waals surface area (Å²) in [6.45, 7) is 0. The predicted octanol–water partition coefficient (Wildman–Crippen LogP) is -0.139. The highest BCUT2D eigenvalue weighted by atomic mass is 16.3. The lowest BCUT2D eigenvalue weighted by molar-refractivity contribution is -0.130. The van der Waals surface area contributed by atoms with Crippen molar-refractivity contribution in [2.24, 2.45) is 0 Å². The summed E-state index contributed by atoms with van der Waals surface area (Å²) in [5, 5.41) is 9.45. The second-order valence-corrected chi connectivity index (χ2v) is 3.06. The lowest BCUT2D eigenvalue weighted by atomic mass is 10.1. The number of rotatable bonds is 6. The minimum Gasteiger partial charge on any atom is -0.393 e. The average Bonchev–Trinajstić information content (AvgIpc) is 2.66. The molecule has 0 aromatic carbocycles. The van der Waals surface area contributed by atoms with E-state index in [4.69, 9.17) is 0 Å². The number of nitrogens with one attached hydrogen (secondary N) is 1. The van der Waals surface area contributed by atoms with Gasteiger partial charge < -0.3 is 10.1 Å². The van der Waals surface area contributed by atoms with Crippen LogP contribution in [0.3, 0.4) is 0 Å². The molecule has 0 saturated heterocycles. The summed E-state index contributed by atoms with van der Waals surface area (Å²) < 4.78 is 0. The molecule has 0 amide bonds. The van der Waals surface area contributed by atoms with Crippen molar-refractivity contribution < 1.29 is 14.7 Å². The monoisotopic (exact) mass is 196 g/mol. The van der Waals surface area contributed by atoms with E-state index < -0.39 is 11.9 Å². The average molecular weight is 196 g/mol. The van der Waals surface area contributed by atoms with E-state index in [2.05, 4.69) is 9.97 Å². The Morgan fingerprint density at radius 3 is 3.07 bits per heavy atom. The number of hydrogen-bond donors (Lipinski definition) is 2. The molecule has 0 spiro atoms. The van der Waals surface area contributed by atoms with Crippen LogP contribution >= 0.6 is 0 Å². The van der Waals surface area contributed by atoms with Gasteiger partial charge in [-0.15, -0.1) is 0 Å². The van der Waals surface area contributed by atoms with Crippen LogP contribution in [0.15, 0.2) is 12.5 Å². The molecule has 1 rings (SSSR count). The Hall–Kier alpha value is -1.49. The van der Waals surface area contributed by atoms with Gasteiger partial charge in [0.2, 0.25) is 0 Å². The number of aldehydes is 1. The van der Waals surface area contributed by atoms with Crippen molar-refractivity contribution in [3.8, 4) is 0 Å². The van der Waals surface area contributed by atoms with Crippen molar-refractivity contribution in [1.82, 2.24) is 9.97 Å². The summed E-state index contributed by atoms with van der Waals surface area (Å²) in [4.78, 5) is 27.2. The van der Waals surface area contributed by atoms with E-state index in [1.165, 1.54) is 6.33 Å². The first-order valence-corrected chi connectivity index (χ1v) is 4.35. The minimum atomic E-state index is -0.612. The number of ketones is 1. The molecule has 2 N–H and O–H groups in total. The number of aromatic amines is 1. The number of aliphatic hydroxyl groups excluding tert-OH is 1. The third-order valence-electron chi connectivity index (χ3n) is 1.87. The summed E-state index contributed by atoms with van der Waals surface area (Å²) in [5.41, 5.74) is 0.816. The van der Waals surface area contributed by atoms with Gasteiger partial charge in [0.1, 0.15) is 0 Å². The minimum absolute atomic E-state index is 0.0960. The summed E-state index contributed by atoms with van der Waals surface area (Å²) >= 11 is 0. The Labute approximate surface area is 81.2 Å². The highest BCUT2D eigenvalue weighted by molar-refractivity contribution is 6.24. The zero-order valence-electron chi connectivity index (χ0n) is 7.64. The number of aliphatic hydroxyl groups is 1. The lowest BCUT2D eigenvalue weighted by Gasteiger charge is -2.06. The van der Waals surface area contributed by atoms with Crippen LogP contribution in [0.4, 0.5) is 0 Å². The fourth-order valence-electron chi connectivity index (χ4n) is 1.12. The fraction of sp³-hybridized carbons (Fsp3) is 0.444. The predicted molar refractivity (Wildman–Crippen MR) is 48.6 cm³/mol. The summed E-state index contributed by atoms with van der Waals surface area (Å²) in [7, 11) is 0. The van der Waals surface area contributed by atoms with Gasteiger partial charge in [-0.3, -0.25) is 9.59 Å². The van der Waals surface area contributed by atoms with E-state index in [1.807, 2.05) is 0 Å². The van der Waals surface area contributed by atoms with Gasteiger partial charge in [0.15, 0.2) is 12.1 Å². The molecule has 1 unspecified atom stereocenters. The van der Waals surface area contributed by atoms with Crippen LogP contribution in [0.1, 0.15) is 18.5 Å². The highest BCUT2D eigenvalue weighted by Crippen LogP contribution is 2.04. The van der Waals surface area contributed by atoms with Crippen LogP contribution in [-0.4, -0.2) is 33.2 Å². The molecular weight excluding hydrogens is 184 g/mol. The largest absolute Gasteiger partial charge is 0.393 e. The topological polar surface area (TPSA) is 83.1 Å². The van der Waals surface area contributed by atoms with Crippen LogP contribution in [0, 0.1) is 0 Å². The summed E-state index contributed by atoms with van der Waals surface area (Å²) in [6, 6.07) is 0. The first kappa shape index (κ1) is 10.6. The number of carbonyl (C=O) groups excluding carboxylic acids is 2. The molecule has 5 heteroatoms. The maximum atomic E-state index is 10.6. The van der Waals surface area contributed by atoms with Crippen LogP contribution < -0.4 is 0 Å². The van der Waals surface area contributed by atoms with E-state index in [9.17, 15) is 14.7 Å². The van der Waals surface area contributed by atoms with Crippen molar-refractivity contribution in [2.45, 2.75) is 25.4 Å². The molecular formula is C9H12N2O3. The molecule has 1 atom stereocenters. The molecule has 0 aliphatic heterocycles. The number of carbonyl (C=O) groups is 2. The molecule has 1 aromatic rings. The molecule has 0 fully saturated rings. The number of H-pyrrole nitrogens is 1. The summed E-state index contributed by atoms with van der Waals surface area (Å²) in [6.07, 6.45) is 3.63. The number of imidazole rings is 1. The highest BCUT2D eigenvalue weighted by Gasteiger charge is 2.08. The maximum absolute atomic E-state index is 10.6. The van der Waals surface area contributed by atoms with Crippen molar-refractivity contribution >= 4 is 12.1 Å². The Morgan fingerprint density at radius 2 is 2.50 bits per heavy atom. The number of aromatic nitrogens is 2. The quantitative estimate of drug-likeness (QED) is 0.490. The van der Waals surface area contributed by atoms with Crippen LogP contribution in [0.5, 0.6) is 0 Å². The van der Waals surface area contributed by atoms with Gasteiger partial charge in [-0.05, 0) is 6.42 Å². The van der Waals surface area contributed by atoms with Crippen LogP contribution in [0.25, 0.3) is 0 Å². The Kier molecular flexibility index (Phi) is 4.00. The molecule has 0 aliphatic carbocycles. The second kappa shape index (κ2) is 5.29. The zero-order valence-corrected chi connectivity index (χ0v) is 7.64. The number of hydrogen-bond acceptors (Lipinski definition) is 4. The van der Waals surface area contributed by atoms with Crippen molar-refractivity contribution in [3.63, 3.8) is 0 Å². The molecule has 0 aliphatic rings. The smallest absolute Gasteiger partial charge is 0.195 e. The first-order chi connectivity index (χ1) is 6.72. The number of nitrogens with zero attached hydrogens (tertiary/aromatic N) is 1. The molecule has 1 heterocycles. The first-order valence-electron chi connectivity index (χ1n) is 4.35. The van der Waals surface area contributed by atoms with Gasteiger partial charge in [0.05, 0.1) is 12.4 Å². The van der Waals surface area contributed by atoms with Gasteiger partial charge in [-0.25, -0.2) is 4.98 Å². The third-order valence-corrected chi connectivity index (χ3v) is 1.87. The van der Waals surface area contributed by atoms with Crippen LogP contribution in [-0.2, 0) is 16.0 Å². The van der Waals surface area contributed by atoms with Gasteiger partial charge in [-0.1, -0.05) is 0 Å². The summed E-state index contributed by atoms with van der Waals surface area (Å²) in [5.74, 6) is -0.478. The molecule has 1 aromatic heterocycles. The van der Waals surface area contributed by atoms with Crippen LogP contribution in [0.2, 0.25) is 0 Å². The molecule has 0 saturated carbocycles. The zero-order chi connectivity index (χ0) is 10.4. The van der Waals surface area contributed by atoms with E-state index in [-0.39, 0.29) is 12.7 Å². The van der Waals surface area contributed by atoms with Crippen molar-refractivity contribution in [3.05, 3.63) is 18.2 Å². The molecule has 14 heavy (non-hydrogen) atoms. The van der Waals surface area contributed by atoms with Gasteiger partial charge >= 0.3 is 0 Å². The van der Waals surface area contributed by atoms with E-state index in [0.29, 0.717) is 12.8 Å². The van der Waals surface area contributed by atoms with Crippen molar-refractivity contribution in [1.29, 1.82) is 0 Å². The second-order valence-electron chi connectivity index (χ2n) is 3.06. The van der Waals surface area contributed by atoms with E-state index >= 15 is 0 Å². The van der Waals surface area contributed by atoms with Gasteiger partial charge in [-0.2, -0.15) is 0 Å². The van der Waals surface area contributed by atoms with Gasteiger partial charge in [0.25, 0.3) is 0 Å². The molecule has 0 bridgehead atoms. The molecule has 5 nitrogen and oxygen atoms in total. The lowest BCUT2D eigenvalue weighted by Crippen LogP contribution is -2.13. The molecule has 0 radical (unpaired) electrons. The van der Waals surface area contributed by atoms with Gasteiger partial charge in [0, 0.05) is 24.7 Å². The SMILES string of the molecule is O=CC(=O)CCC(O)Cc1cnc[nH]1. The normalized spacial score (nSPS) is 12.4. The van der Waals surface area contributed by atoms with Crippen molar-refractivity contribution in [2.75, 3.05) is 0 Å². The van der Waals surface area contributed by atoms with E-state index in [0.717, 1.165) is 5.69 Å².